The maximum atomic E-state index is 5.70. The number of pyridine rings is 1. The number of amidine groups is 1. The van der Waals surface area contributed by atoms with Crippen molar-refractivity contribution in [3.05, 3.63) is 24.4 Å². The lowest BCUT2D eigenvalue weighted by Gasteiger charge is -2.00. The van der Waals surface area contributed by atoms with E-state index in [2.05, 4.69) is 9.98 Å². The summed E-state index contributed by atoms with van der Waals surface area (Å²) >= 11 is 0. The zero-order chi connectivity index (χ0) is 11.6. The predicted molar refractivity (Wildman–Crippen MR) is 73.9 cm³/mol. The fourth-order valence-corrected chi connectivity index (χ4v) is 3.06. The second-order valence-corrected chi connectivity index (χ2v) is 5.58. The van der Waals surface area contributed by atoms with Crippen molar-refractivity contribution in [1.82, 2.24) is 4.98 Å². The Bertz CT molecular complexity index is 314. The minimum Gasteiger partial charge on any atom is -0.387 e. The molecule has 0 atom stereocenters. The Balaban J connectivity index is 2.07. The molecule has 0 spiro atoms. The topological polar surface area (TPSA) is 51.3 Å². The van der Waals surface area contributed by atoms with E-state index in [1.807, 2.05) is 42.1 Å². The molecule has 0 aromatic carbocycles. The molecule has 0 fully saturated rings. The van der Waals surface area contributed by atoms with Gasteiger partial charge in [-0.15, -0.1) is 0 Å². The van der Waals surface area contributed by atoms with Crippen LogP contribution in [0.4, 0.5) is 0 Å². The quantitative estimate of drug-likeness (QED) is 0.352. The van der Waals surface area contributed by atoms with Crippen LogP contribution < -0.4 is 5.73 Å². The van der Waals surface area contributed by atoms with Gasteiger partial charge in [0.2, 0.25) is 0 Å². The number of nitrogens with zero attached hydrogens (tertiary/aromatic N) is 2. The van der Waals surface area contributed by atoms with Crippen molar-refractivity contribution in [1.29, 1.82) is 0 Å². The molecule has 0 aliphatic rings. The fourth-order valence-electron chi connectivity index (χ4n) is 1.09. The van der Waals surface area contributed by atoms with Crippen molar-refractivity contribution in [3.8, 4) is 0 Å². The lowest BCUT2D eigenvalue weighted by atomic mass is 10.3. The van der Waals surface area contributed by atoms with Crippen LogP contribution >= 0.6 is 21.6 Å². The lowest BCUT2D eigenvalue weighted by molar-refractivity contribution is 0.978. The van der Waals surface area contributed by atoms with E-state index in [1.54, 1.807) is 10.8 Å². The highest BCUT2D eigenvalue weighted by Crippen LogP contribution is 2.29. The monoisotopic (exact) mass is 255 g/mol. The predicted octanol–water partition coefficient (Wildman–Crippen LogP) is 2.98. The van der Waals surface area contributed by atoms with Crippen molar-refractivity contribution in [2.45, 2.75) is 24.8 Å². The van der Waals surface area contributed by atoms with Crippen LogP contribution in [-0.2, 0) is 0 Å². The molecule has 16 heavy (non-hydrogen) atoms. The minimum atomic E-state index is 0.769. The smallest absolute Gasteiger partial charge is 0.106 e. The van der Waals surface area contributed by atoms with Gasteiger partial charge in [-0.05, 0) is 36.3 Å². The average Bonchev–Trinajstić information content (AvgIpc) is 2.30. The molecule has 1 heterocycles. The molecule has 88 valence electrons. The Kier molecular flexibility index (Phi) is 7.09. The summed E-state index contributed by atoms with van der Waals surface area (Å²) in [5.41, 5.74) is 5.70. The molecule has 0 saturated carbocycles. The SMILES string of the molecule is CCN=C(N)CCCSSc1ccccn1. The van der Waals surface area contributed by atoms with Gasteiger partial charge in [-0.25, -0.2) is 4.98 Å². The highest BCUT2D eigenvalue weighted by Gasteiger charge is 1.96. The zero-order valence-corrected chi connectivity index (χ0v) is 11.1. The number of hydrogen-bond donors (Lipinski definition) is 1. The molecule has 5 heteroatoms. The summed E-state index contributed by atoms with van der Waals surface area (Å²) in [4.78, 5) is 8.38. The summed E-state index contributed by atoms with van der Waals surface area (Å²) in [6.07, 6.45) is 3.78. The third-order valence-corrected chi connectivity index (χ3v) is 4.16. The highest BCUT2D eigenvalue weighted by molar-refractivity contribution is 8.76. The Labute approximate surface area is 105 Å². The van der Waals surface area contributed by atoms with Gasteiger partial charge in [0.1, 0.15) is 5.03 Å². The number of aromatic nitrogens is 1. The highest BCUT2D eigenvalue weighted by atomic mass is 33.1. The second kappa shape index (κ2) is 8.47. The van der Waals surface area contributed by atoms with Crippen LogP contribution in [-0.4, -0.2) is 23.1 Å². The van der Waals surface area contributed by atoms with Crippen LogP contribution in [0.2, 0.25) is 0 Å². The van der Waals surface area contributed by atoms with Crippen molar-refractivity contribution >= 4 is 27.4 Å². The Morgan fingerprint density at radius 2 is 2.38 bits per heavy atom. The molecule has 0 amide bonds. The van der Waals surface area contributed by atoms with E-state index < -0.39 is 0 Å². The summed E-state index contributed by atoms with van der Waals surface area (Å²) in [7, 11) is 3.52. The van der Waals surface area contributed by atoms with Crippen molar-refractivity contribution in [3.63, 3.8) is 0 Å². The number of hydrogen-bond acceptors (Lipinski definition) is 4. The van der Waals surface area contributed by atoms with E-state index in [4.69, 9.17) is 5.73 Å². The number of rotatable bonds is 7. The lowest BCUT2D eigenvalue weighted by Crippen LogP contribution is -2.11. The molecule has 0 aliphatic carbocycles. The van der Waals surface area contributed by atoms with Gasteiger partial charge in [0.25, 0.3) is 0 Å². The van der Waals surface area contributed by atoms with Gasteiger partial charge in [0.15, 0.2) is 0 Å². The van der Waals surface area contributed by atoms with Gasteiger partial charge in [0.05, 0.1) is 5.84 Å². The first-order valence-electron chi connectivity index (χ1n) is 5.32. The fraction of sp³-hybridized carbons (Fsp3) is 0.455. The average molecular weight is 255 g/mol. The second-order valence-electron chi connectivity index (χ2n) is 3.14. The van der Waals surface area contributed by atoms with Gasteiger partial charge in [-0.2, -0.15) is 0 Å². The Morgan fingerprint density at radius 3 is 3.06 bits per heavy atom. The standard InChI is InChI=1S/C11H17N3S2/c1-2-13-10(12)6-5-9-15-16-11-7-3-4-8-14-11/h3-4,7-8H,2,5-6,9H2,1H3,(H2,12,13). The summed E-state index contributed by atoms with van der Waals surface area (Å²) in [6.45, 7) is 2.78. The van der Waals surface area contributed by atoms with Crippen LogP contribution in [0.15, 0.2) is 34.4 Å². The number of nitrogens with two attached hydrogens (primary N) is 1. The van der Waals surface area contributed by atoms with Crippen molar-refractivity contribution < 1.29 is 0 Å². The summed E-state index contributed by atoms with van der Waals surface area (Å²) < 4.78 is 0. The largest absolute Gasteiger partial charge is 0.387 e. The number of aliphatic imine (C=N–C) groups is 1. The molecular formula is C11H17N3S2. The van der Waals surface area contributed by atoms with Crippen LogP contribution in [0.25, 0.3) is 0 Å². The molecule has 1 aromatic heterocycles. The zero-order valence-electron chi connectivity index (χ0n) is 9.43. The van der Waals surface area contributed by atoms with Crippen molar-refractivity contribution in [2.75, 3.05) is 12.3 Å². The van der Waals surface area contributed by atoms with Crippen molar-refractivity contribution in [2.24, 2.45) is 10.7 Å². The van der Waals surface area contributed by atoms with E-state index in [-0.39, 0.29) is 0 Å². The van der Waals surface area contributed by atoms with E-state index in [0.717, 1.165) is 36.0 Å². The molecule has 0 unspecified atom stereocenters. The summed E-state index contributed by atoms with van der Waals surface area (Å²) in [5, 5.41) is 1.06. The molecule has 1 rings (SSSR count). The summed E-state index contributed by atoms with van der Waals surface area (Å²) in [5.74, 6) is 1.84. The first kappa shape index (κ1) is 13.4. The van der Waals surface area contributed by atoms with E-state index >= 15 is 0 Å². The van der Waals surface area contributed by atoms with Gasteiger partial charge in [0, 0.05) is 24.9 Å². The molecule has 0 radical (unpaired) electrons. The molecule has 0 bridgehead atoms. The first-order chi connectivity index (χ1) is 7.83. The van der Waals surface area contributed by atoms with Gasteiger partial charge < -0.3 is 5.73 Å². The first-order valence-corrected chi connectivity index (χ1v) is 7.64. The van der Waals surface area contributed by atoms with E-state index in [1.165, 1.54) is 0 Å². The summed E-state index contributed by atoms with van der Waals surface area (Å²) in [6, 6.07) is 5.95. The Morgan fingerprint density at radius 1 is 1.50 bits per heavy atom. The van der Waals surface area contributed by atoms with Gasteiger partial charge >= 0.3 is 0 Å². The maximum absolute atomic E-state index is 5.70. The third-order valence-electron chi connectivity index (χ3n) is 1.80. The van der Waals surface area contributed by atoms with E-state index in [0.29, 0.717) is 0 Å². The molecular weight excluding hydrogens is 238 g/mol. The van der Waals surface area contributed by atoms with Crippen LogP contribution in [0.5, 0.6) is 0 Å². The molecule has 0 aliphatic heterocycles. The molecule has 1 aromatic rings. The maximum Gasteiger partial charge on any atom is 0.106 e. The minimum absolute atomic E-state index is 0.769. The normalized spacial score (nSPS) is 11.7. The third kappa shape index (κ3) is 6.02. The van der Waals surface area contributed by atoms with Gasteiger partial charge in [-0.1, -0.05) is 16.9 Å². The molecule has 0 saturated heterocycles. The molecule has 2 N–H and O–H groups in total. The van der Waals surface area contributed by atoms with Crippen LogP contribution in [0.3, 0.4) is 0 Å². The van der Waals surface area contributed by atoms with Crippen LogP contribution in [0, 0.1) is 0 Å². The van der Waals surface area contributed by atoms with Crippen LogP contribution in [0.1, 0.15) is 19.8 Å². The van der Waals surface area contributed by atoms with Gasteiger partial charge in [-0.3, -0.25) is 4.99 Å². The molecule has 3 nitrogen and oxygen atoms in total. The van der Waals surface area contributed by atoms with E-state index in [9.17, 15) is 0 Å². The Hall–Kier alpha value is -0.680.